The van der Waals surface area contributed by atoms with Gasteiger partial charge in [-0.3, -0.25) is 4.79 Å². The maximum atomic E-state index is 12.5. The number of thiazole rings is 1. The molecule has 1 aliphatic rings. The first-order chi connectivity index (χ1) is 13.2. The van der Waals surface area contributed by atoms with Crippen molar-refractivity contribution in [2.45, 2.75) is 6.54 Å². The van der Waals surface area contributed by atoms with E-state index in [2.05, 4.69) is 5.38 Å². The molecular weight excluding hydrogens is 378 g/mol. The Labute approximate surface area is 168 Å². The molecule has 2 heterocycles. The van der Waals surface area contributed by atoms with Crippen molar-refractivity contribution in [1.82, 2.24) is 9.88 Å². The van der Waals surface area contributed by atoms with Gasteiger partial charge in [-0.15, -0.1) is 11.3 Å². The van der Waals surface area contributed by atoms with Crippen LogP contribution in [0, 0.1) is 0 Å². The fraction of sp³-hybridized carbons (Fsp3) is 0.238. The van der Waals surface area contributed by atoms with Crippen molar-refractivity contribution in [3.63, 3.8) is 0 Å². The van der Waals surface area contributed by atoms with E-state index in [1.165, 1.54) is 4.90 Å². The lowest BCUT2D eigenvalue weighted by Crippen LogP contribution is -3.13. The fourth-order valence-corrected chi connectivity index (χ4v) is 4.29. The van der Waals surface area contributed by atoms with Crippen molar-refractivity contribution in [3.8, 4) is 10.6 Å². The molecule has 0 bridgehead atoms. The number of aromatic nitrogens is 1. The van der Waals surface area contributed by atoms with Gasteiger partial charge in [0.15, 0.2) is 0 Å². The van der Waals surface area contributed by atoms with Crippen molar-refractivity contribution < 1.29 is 9.69 Å². The second-order valence-electron chi connectivity index (χ2n) is 6.74. The van der Waals surface area contributed by atoms with E-state index >= 15 is 0 Å². The third-order valence-electron chi connectivity index (χ3n) is 4.85. The Morgan fingerprint density at radius 1 is 1.07 bits per heavy atom. The van der Waals surface area contributed by atoms with Gasteiger partial charge in [-0.25, -0.2) is 4.98 Å². The van der Waals surface area contributed by atoms with E-state index in [1.54, 1.807) is 11.3 Å². The second kappa shape index (κ2) is 8.21. The second-order valence-corrected chi connectivity index (χ2v) is 8.03. The van der Waals surface area contributed by atoms with Gasteiger partial charge in [-0.05, 0) is 24.3 Å². The third kappa shape index (κ3) is 4.38. The minimum Gasteiger partial charge on any atom is -0.327 e. The Bertz CT molecular complexity index is 903. The summed E-state index contributed by atoms with van der Waals surface area (Å²) in [6.45, 7) is 4.38. The molecule has 6 heteroatoms. The largest absolute Gasteiger partial charge is 0.327 e. The van der Waals surface area contributed by atoms with Crippen LogP contribution in [0.25, 0.3) is 10.6 Å². The Morgan fingerprint density at radius 3 is 2.48 bits per heavy atom. The summed E-state index contributed by atoms with van der Waals surface area (Å²) < 4.78 is 0. The van der Waals surface area contributed by atoms with Gasteiger partial charge in [-0.2, -0.15) is 0 Å². The molecule has 1 aromatic heterocycles. The van der Waals surface area contributed by atoms with Gasteiger partial charge < -0.3 is 9.80 Å². The van der Waals surface area contributed by atoms with Crippen LogP contribution in [0.4, 0.5) is 0 Å². The number of piperazine rings is 1. The molecule has 0 radical (unpaired) electrons. The van der Waals surface area contributed by atoms with Crippen LogP contribution < -0.4 is 4.90 Å². The zero-order valence-corrected chi connectivity index (χ0v) is 16.5. The maximum absolute atomic E-state index is 12.5. The van der Waals surface area contributed by atoms with Crippen LogP contribution in [-0.2, 0) is 6.54 Å². The minimum atomic E-state index is 0.133. The Morgan fingerprint density at radius 2 is 1.78 bits per heavy atom. The van der Waals surface area contributed by atoms with Gasteiger partial charge in [-0.1, -0.05) is 41.9 Å². The Balaban J connectivity index is 1.33. The van der Waals surface area contributed by atoms with Crippen LogP contribution in [0.15, 0.2) is 60.0 Å². The lowest BCUT2D eigenvalue weighted by molar-refractivity contribution is -0.917. The first kappa shape index (κ1) is 18.2. The molecule has 4 nitrogen and oxygen atoms in total. The summed E-state index contributed by atoms with van der Waals surface area (Å²) >= 11 is 7.63. The van der Waals surface area contributed by atoms with Crippen LogP contribution in [0.2, 0.25) is 5.02 Å². The van der Waals surface area contributed by atoms with Crippen LogP contribution in [0.1, 0.15) is 16.1 Å². The smallest absolute Gasteiger partial charge is 0.254 e. The summed E-state index contributed by atoms with van der Waals surface area (Å²) in [5.74, 6) is 0.133. The number of quaternary nitrogens is 1. The highest BCUT2D eigenvalue weighted by molar-refractivity contribution is 7.13. The number of rotatable bonds is 4. The summed E-state index contributed by atoms with van der Waals surface area (Å²) in [6, 6.07) is 17.3. The molecule has 2 aromatic carbocycles. The van der Waals surface area contributed by atoms with Crippen LogP contribution in [-0.4, -0.2) is 42.0 Å². The minimum absolute atomic E-state index is 0.133. The summed E-state index contributed by atoms with van der Waals surface area (Å²) in [4.78, 5) is 20.8. The zero-order valence-electron chi connectivity index (χ0n) is 14.9. The molecule has 1 N–H and O–H groups in total. The van der Waals surface area contributed by atoms with Crippen molar-refractivity contribution in [2.75, 3.05) is 26.2 Å². The average molecular weight is 399 g/mol. The molecule has 0 saturated carbocycles. The number of nitrogens with one attached hydrogen (secondary N) is 1. The summed E-state index contributed by atoms with van der Waals surface area (Å²) in [6.07, 6.45) is 0. The van der Waals surface area contributed by atoms with Gasteiger partial charge in [0, 0.05) is 21.5 Å². The molecule has 0 aliphatic carbocycles. The Kier molecular flexibility index (Phi) is 5.53. The summed E-state index contributed by atoms with van der Waals surface area (Å²) in [5.41, 5.74) is 2.99. The lowest BCUT2D eigenvalue weighted by Gasteiger charge is -2.32. The van der Waals surface area contributed by atoms with Gasteiger partial charge >= 0.3 is 0 Å². The van der Waals surface area contributed by atoms with E-state index < -0.39 is 0 Å². The number of hydrogen-bond donors (Lipinski definition) is 1. The number of carbonyl (C=O) groups is 1. The predicted molar refractivity (Wildman–Crippen MR) is 109 cm³/mol. The quantitative estimate of drug-likeness (QED) is 0.733. The standard InChI is InChI=1S/C21H20ClN3OS/c22-18-8-6-16(7-9-18)20-23-19(15-27-20)14-24-10-12-25(13-11-24)21(26)17-4-2-1-3-5-17/h1-9,15H,10-14H2/p+1. The molecule has 0 unspecified atom stereocenters. The van der Waals surface area contributed by atoms with Crippen molar-refractivity contribution >= 4 is 28.8 Å². The summed E-state index contributed by atoms with van der Waals surface area (Å²) in [7, 11) is 0. The molecule has 27 heavy (non-hydrogen) atoms. The number of carbonyl (C=O) groups excluding carboxylic acids is 1. The number of halogens is 1. The number of nitrogens with zero attached hydrogens (tertiary/aromatic N) is 2. The van der Waals surface area contributed by atoms with Gasteiger partial charge in [0.2, 0.25) is 0 Å². The molecule has 138 valence electrons. The molecule has 4 rings (SSSR count). The normalized spacial score (nSPS) is 15.1. The van der Waals surface area contributed by atoms with Gasteiger partial charge in [0.25, 0.3) is 5.91 Å². The van der Waals surface area contributed by atoms with E-state index in [0.717, 1.165) is 59.6 Å². The molecule has 0 atom stereocenters. The van der Waals surface area contributed by atoms with E-state index in [0.29, 0.717) is 0 Å². The molecule has 1 aliphatic heterocycles. The topological polar surface area (TPSA) is 37.6 Å². The van der Waals surface area contributed by atoms with Crippen LogP contribution in [0.3, 0.4) is 0 Å². The predicted octanol–water partition coefficient (Wildman–Crippen LogP) is 3.00. The molecule has 1 fully saturated rings. The monoisotopic (exact) mass is 398 g/mol. The molecule has 1 saturated heterocycles. The van der Waals surface area contributed by atoms with E-state index in [9.17, 15) is 4.79 Å². The Hall–Kier alpha value is -2.21. The van der Waals surface area contributed by atoms with E-state index in [4.69, 9.17) is 16.6 Å². The number of amides is 1. The molecular formula is C21H21ClN3OS+. The lowest BCUT2D eigenvalue weighted by atomic mass is 10.2. The number of hydrogen-bond acceptors (Lipinski definition) is 3. The van der Waals surface area contributed by atoms with Crippen molar-refractivity contribution in [2.24, 2.45) is 0 Å². The third-order valence-corrected chi connectivity index (χ3v) is 6.04. The fourth-order valence-electron chi connectivity index (χ4n) is 3.34. The van der Waals surface area contributed by atoms with Crippen LogP contribution >= 0.6 is 22.9 Å². The first-order valence-electron chi connectivity index (χ1n) is 9.07. The summed E-state index contributed by atoms with van der Waals surface area (Å²) in [5, 5.41) is 3.90. The number of benzene rings is 2. The molecule has 0 spiro atoms. The molecule has 3 aromatic rings. The SMILES string of the molecule is O=C(c1ccccc1)N1CC[NH+](Cc2csc(-c3ccc(Cl)cc3)n2)CC1. The van der Waals surface area contributed by atoms with Crippen molar-refractivity contribution in [3.05, 3.63) is 76.3 Å². The maximum Gasteiger partial charge on any atom is 0.254 e. The van der Waals surface area contributed by atoms with Gasteiger partial charge in [0.1, 0.15) is 17.2 Å². The van der Waals surface area contributed by atoms with E-state index in [-0.39, 0.29) is 5.91 Å². The highest BCUT2D eigenvalue weighted by Gasteiger charge is 2.25. The highest BCUT2D eigenvalue weighted by Crippen LogP contribution is 2.24. The molecule has 1 amide bonds. The first-order valence-corrected chi connectivity index (χ1v) is 10.3. The van der Waals surface area contributed by atoms with Crippen LogP contribution in [0.5, 0.6) is 0 Å². The zero-order chi connectivity index (χ0) is 18.6. The van der Waals surface area contributed by atoms with Crippen molar-refractivity contribution in [1.29, 1.82) is 0 Å². The average Bonchev–Trinajstić information content (AvgIpc) is 3.18. The van der Waals surface area contributed by atoms with E-state index in [1.807, 2.05) is 59.5 Å². The highest BCUT2D eigenvalue weighted by atomic mass is 35.5. The van der Waals surface area contributed by atoms with Gasteiger partial charge in [0.05, 0.1) is 26.2 Å².